The van der Waals surface area contributed by atoms with Gasteiger partial charge in [0.15, 0.2) is 0 Å². The molecule has 0 bridgehead atoms. The Morgan fingerprint density at radius 1 is 0.391 bits per heavy atom. The maximum absolute atomic E-state index is 12.7. The van der Waals surface area contributed by atoms with E-state index in [1.807, 2.05) is 24.3 Å². The van der Waals surface area contributed by atoms with E-state index in [2.05, 4.69) is 41.5 Å². The van der Waals surface area contributed by atoms with E-state index in [0.717, 1.165) is 11.1 Å². The molecule has 0 aliphatic carbocycles. The Morgan fingerprint density at radius 3 is 1.17 bits per heavy atom. The third-order valence-electron chi connectivity index (χ3n) is 9.51. The van der Waals surface area contributed by atoms with Crippen LogP contribution in [0.2, 0.25) is 0 Å². The fourth-order valence-corrected chi connectivity index (χ4v) is 5.94. The number of carbonyl (C=O) groups excluding carboxylic acids is 4. The van der Waals surface area contributed by atoms with E-state index in [9.17, 15) is 34.5 Å². The average Bonchev–Trinajstić information content (AvgIpc) is 3.27. The van der Waals surface area contributed by atoms with E-state index in [1.165, 1.54) is 42.5 Å². The number of rotatable bonds is 8. The number of ketones is 1. The van der Waals surface area contributed by atoms with Gasteiger partial charge in [-0.25, -0.2) is 14.4 Å². The van der Waals surface area contributed by atoms with Crippen LogP contribution in [0.1, 0.15) is 99.7 Å². The van der Waals surface area contributed by atoms with Gasteiger partial charge in [0.1, 0.15) is 40.1 Å². The summed E-state index contributed by atoms with van der Waals surface area (Å²) < 4.78 is 15.8. The zero-order chi connectivity index (χ0) is 46.4. The van der Waals surface area contributed by atoms with Gasteiger partial charge in [-0.05, 0) is 94.8 Å². The minimum Gasteiger partial charge on any atom is -0.508 e. The first-order valence-corrected chi connectivity index (χ1v) is 20.3. The molecular formula is C54H50O10. The highest BCUT2D eigenvalue weighted by Gasteiger charge is 2.22. The molecule has 0 amide bonds. The van der Waals surface area contributed by atoms with E-state index in [4.69, 9.17) is 14.2 Å². The predicted octanol–water partition coefficient (Wildman–Crippen LogP) is 11.7. The monoisotopic (exact) mass is 858 g/mol. The summed E-state index contributed by atoms with van der Waals surface area (Å²) >= 11 is 0. The Hall–Kier alpha value is -7.98. The van der Waals surface area contributed by atoms with Gasteiger partial charge in [0.2, 0.25) is 5.78 Å². The maximum Gasteiger partial charge on any atom is 0.343 e. The molecule has 0 fully saturated rings. The van der Waals surface area contributed by atoms with Crippen LogP contribution >= 0.6 is 0 Å². The van der Waals surface area contributed by atoms with Crippen LogP contribution in [0.4, 0.5) is 0 Å². The van der Waals surface area contributed by atoms with Gasteiger partial charge in [-0.2, -0.15) is 0 Å². The van der Waals surface area contributed by atoms with E-state index in [1.54, 1.807) is 109 Å². The molecule has 10 heteroatoms. The highest BCUT2D eigenvalue weighted by Crippen LogP contribution is 2.31. The molecule has 64 heavy (non-hydrogen) atoms. The number of hydrogen-bond acceptors (Lipinski definition) is 10. The van der Waals surface area contributed by atoms with Crippen LogP contribution in [-0.4, -0.2) is 39.0 Å². The van der Waals surface area contributed by atoms with Crippen LogP contribution in [0, 0.1) is 0 Å². The Kier molecular flexibility index (Phi) is 15.6. The highest BCUT2D eigenvalue weighted by atomic mass is 16.5. The quantitative estimate of drug-likeness (QED) is 0.0763. The standard InChI is InChI=1S/C20H14O4.2C17H18O3/c21-16-12-7-13-17(24-20(23)15-10-5-2-6-11-15)18(16)19(22)14-8-3-1-4-9-14;2*1-17(2,3)13-9-7-12(8-10-13)16(19)20-15-6-4-5-14(18)11-15/h1-13,21H;2*4-11,18H,1-3H3. The summed E-state index contributed by atoms with van der Waals surface area (Å²) in [6.07, 6.45) is 0. The first-order chi connectivity index (χ1) is 30.4. The van der Waals surface area contributed by atoms with Crippen molar-refractivity contribution in [1.82, 2.24) is 0 Å². The topological polar surface area (TPSA) is 157 Å². The number of phenols is 3. The van der Waals surface area contributed by atoms with Gasteiger partial charge in [-0.1, -0.05) is 133 Å². The van der Waals surface area contributed by atoms with E-state index < -0.39 is 23.7 Å². The van der Waals surface area contributed by atoms with Crippen LogP contribution in [-0.2, 0) is 10.8 Å². The van der Waals surface area contributed by atoms with Crippen molar-refractivity contribution < 1.29 is 48.7 Å². The number of esters is 3. The number of phenolic OH excluding ortho intramolecular Hbond substituents is 3. The molecule has 3 N–H and O–H groups in total. The third-order valence-corrected chi connectivity index (χ3v) is 9.51. The van der Waals surface area contributed by atoms with Crippen molar-refractivity contribution in [3.8, 4) is 34.5 Å². The van der Waals surface area contributed by atoms with Crippen molar-refractivity contribution in [3.63, 3.8) is 0 Å². The summed E-state index contributed by atoms with van der Waals surface area (Å²) in [5, 5.41) is 28.8. The van der Waals surface area contributed by atoms with Gasteiger partial charge in [0.05, 0.1) is 16.7 Å². The maximum atomic E-state index is 12.7. The largest absolute Gasteiger partial charge is 0.508 e. The lowest BCUT2D eigenvalue weighted by Gasteiger charge is -2.18. The number of hydrogen-bond donors (Lipinski definition) is 3. The summed E-state index contributed by atoms with van der Waals surface area (Å²) in [5.74, 6) is -1.29. The Bertz CT molecular complexity index is 2560. The Labute approximate surface area is 373 Å². The minimum absolute atomic E-state index is 0.0257. The Balaban J connectivity index is 0.000000182. The minimum atomic E-state index is -0.594. The van der Waals surface area contributed by atoms with Crippen molar-refractivity contribution in [2.75, 3.05) is 0 Å². The van der Waals surface area contributed by atoms with Gasteiger partial charge >= 0.3 is 17.9 Å². The molecule has 7 aromatic rings. The molecule has 0 aromatic heterocycles. The lowest BCUT2D eigenvalue weighted by molar-refractivity contribution is 0.0722. The zero-order valence-electron chi connectivity index (χ0n) is 36.4. The summed E-state index contributed by atoms with van der Waals surface area (Å²) in [7, 11) is 0. The molecule has 0 spiro atoms. The third kappa shape index (κ3) is 13.5. The highest BCUT2D eigenvalue weighted by molar-refractivity contribution is 6.13. The van der Waals surface area contributed by atoms with Gasteiger partial charge in [0, 0.05) is 17.7 Å². The Morgan fingerprint density at radius 2 is 0.766 bits per heavy atom. The smallest absolute Gasteiger partial charge is 0.343 e. The molecule has 326 valence electrons. The molecule has 10 nitrogen and oxygen atoms in total. The lowest BCUT2D eigenvalue weighted by atomic mass is 9.87. The zero-order valence-corrected chi connectivity index (χ0v) is 36.4. The first-order valence-electron chi connectivity index (χ1n) is 20.3. The van der Waals surface area contributed by atoms with E-state index in [-0.39, 0.29) is 39.4 Å². The second kappa shape index (κ2) is 21.2. The van der Waals surface area contributed by atoms with Crippen molar-refractivity contribution in [2.24, 2.45) is 0 Å². The van der Waals surface area contributed by atoms with Gasteiger partial charge in [0.25, 0.3) is 0 Å². The molecule has 0 saturated carbocycles. The average molecular weight is 859 g/mol. The number of ether oxygens (including phenoxy) is 3. The second-order valence-corrected chi connectivity index (χ2v) is 16.5. The van der Waals surface area contributed by atoms with Gasteiger partial charge in [-0.3, -0.25) is 4.79 Å². The first kappa shape index (κ1) is 47.1. The molecule has 0 radical (unpaired) electrons. The number of aromatic hydroxyl groups is 3. The fraction of sp³-hybridized carbons (Fsp3) is 0.148. The van der Waals surface area contributed by atoms with E-state index in [0.29, 0.717) is 33.8 Å². The van der Waals surface area contributed by atoms with Crippen LogP contribution in [0.5, 0.6) is 34.5 Å². The molecule has 0 aliphatic heterocycles. The molecule has 0 saturated heterocycles. The van der Waals surface area contributed by atoms with Crippen molar-refractivity contribution >= 4 is 23.7 Å². The fourth-order valence-electron chi connectivity index (χ4n) is 5.94. The van der Waals surface area contributed by atoms with Crippen LogP contribution in [0.15, 0.2) is 176 Å². The van der Waals surface area contributed by atoms with Crippen LogP contribution < -0.4 is 14.2 Å². The van der Waals surface area contributed by atoms with Gasteiger partial charge < -0.3 is 29.5 Å². The molecule has 0 aliphatic rings. The van der Waals surface area contributed by atoms with Crippen molar-refractivity contribution in [3.05, 3.63) is 215 Å². The summed E-state index contributed by atoms with van der Waals surface area (Å²) in [6, 6.07) is 48.5. The summed E-state index contributed by atoms with van der Waals surface area (Å²) in [5.41, 5.74) is 4.12. The second-order valence-electron chi connectivity index (χ2n) is 16.5. The molecule has 7 aromatic carbocycles. The molecule has 0 atom stereocenters. The molecule has 7 rings (SSSR count). The number of carbonyl (C=O) groups is 4. The predicted molar refractivity (Wildman–Crippen MR) is 246 cm³/mol. The lowest BCUT2D eigenvalue weighted by Crippen LogP contribution is -2.12. The van der Waals surface area contributed by atoms with Crippen molar-refractivity contribution in [1.29, 1.82) is 0 Å². The SMILES string of the molecule is CC(C)(C)c1ccc(C(=O)Oc2cccc(O)c2)cc1.CC(C)(C)c1ccc(C(=O)Oc2cccc(O)c2)cc1.O=C(Oc1cccc(O)c1C(=O)c1ccccc1)c1ccccc1. The van der Waals surface area contributed by atoms with E-state index >= 15 is 0 Å². The molecule has 0 unspecified atom stereocenters. The normalized spacial score (nSPS) is 10.8. The molecular weight excluding hydrogens is 809 g/mol. The van der Waals surface area contributed by atoms with Crippen molar-refractivity contribution in [2.45, 2.75) is 52.4 Å². The van der Waals surface area contributed by atoms with Crippen LogP contribution in [0.3, 0.4) is 0 Å². The summed E-state index contributed by atoms with van der Waals surface area (Å²) in [4.78, 5) is 48.8. The summed E-state index contributed by atoms with van der Waals surface area (Å²) in [6.45, 7) is 12.7. The molecule has 0 heterocycles. The number of benzene rings is 7. The van der Waals surface area contributed by atoms with Crippen LogP contribution in [0.25, 0.3) is 0 Å². The van der Waals surface area contributed by atoms with Gasteiger partial charge in [-0.15, -0.1) is 0 Å².